The summed E-state index contributed by atoms with van der Waals surface area (Å²) in [6.45, 7) is 4.15. The van der Waals surface area contributed by atoms with E-state index in [1.54, 1.807) is 12.1 Å². The number of amides is 1. The summed E-state index contributed by atoms with van der Waals surface area (Å²) >= 11 is 0. The van der Waals surface area contributed by atoms with Crippen molar-refractivity contribution in [2.75, 3.05) is 26.2 Å². The molecule has 0 spiro atoms. The van der Waals surface area contributed by atoms with Gasteiger partial charge >= 0.3 is 0 Å². The minimum atomic E-state index is -0.313. The molecular weight excluding hydrogens is 341 g/mol. The lowest BCUT2D eigenvalue weighted by molar-refractivity contribution is -0.136. The number of carbonyl (C=O) groups excluding carboxylic acids is 1. The lowest BCUT2D eigenvalue weighted by atomic mass is 9.82. The number of benzene rings is 1. The molecule has 27 heavy (non-hydrogen) atoms. The lowest BCUT2D eigenvalue weighted by Crippen LogP contribution is -2.41. The molecule has 0 aromatic heterocycles. The van der Waals surface area contributed by atoms with Gasteiger partial charge < -0.3 is 4.90 Å². The Morgan fingerprint density at radius 1 is 1.11 bits per heavy atom. The summed E-state index contributed by atoms with van der Waals surface area (Å²) in [5, 5.41) is 8.85. The number of fused-ring (bicyclic) bond motifs is 1. The van der Waals surface area contributed by atoms with Gasteiger partial charge in [0.25, 0.3) is 0 Å². The fraction of sp³-hybridized carbons (Fsp3) is 0.636. The smallest absolute Gasteiger partial charge is 0.225 e. The number of hydrogen-bond donors (Lipinski definition) is 0. The third kappa shape index (κ3) is 4.01. The number of piperidine rings is 1. The summed E-state index contributed by atoms with van der Waals surface area (Å²) < 4.78 is 14.1. The highest BCUT2D eigenvalue weighted by molar-refractivity contribution is 5.79. The first-order valence-corrected chi connectivity index (χ1v) is 10.3. The van der Waals surface area contributed by atoms with Crippen LogP contribution >= 0.6 is 0 Å². The van der Waals surface area contributed by atoms with Gasteiger partial charge in [-0.25, -0.2) is 4.39 Å². The molecular formula is C22H28FN3O. The second-order valence-electron chi connectivity index (χ2n) is 8.52. The van der Waals surface area contributed by atoms with Crippen LogP contribution in [0.3, 0.4) is 0 Å². The summed E-state index contributed by atoms with van der Waals surface area (Å²) in [5.74, 6) is 1.65. The number of nitrogens with zero attached hydrogens (tertiary/aromatic N) is 3. The number of likely N-dealkylation sites (tertiary alicyclic amines) is 2. The van der Waals surface area contributed by atoms with E-state index in [4.69, 9.17) is 5.26 Å². The van der Waals surface area contributed by atoms with Gasteiger partial charge in [0.1, 0.15) is 5.82 Å². The topological polar surface area (TPSA) is 47.3 Å². The van der Waals surface area contributed by atoms with E-state index < -0.39 is 0 Å². The van der Waals surface area contributed by atoms with Crippen LogP contribution < -0.4 is 0 Å². The average Bonchev–Trinajstić information content (AvgIpc) is 3.14. The van der Waals surface area contributed by atoms with E-state index in [0.717, 1.165) is 50.9 Å². The standard InChI is InChI=1S/C22H28FN3O/c23-21-11-16(12-24)5-6-20(21)13-25-9-7-17(8-10-25)22(27)26-14-18-3-1-2-4-19(18)15-26/h5-6,11,17-19H,1-4,7-10,13-15H2. The molecule has 144 valence electrons. The molecule has 1 saturated carbocycles. The number of hydrogen-bond acceptors (Lipinski definition) is 3. The summed E-state index contributed by atoms with van der Waals surface area (Å²) in [6, 6.07) is 6.64. The minimum absolute atomic E-state index is 0.132. The van der Waals surface area contributed by atoms with Crippen LogP contribution in [0, 0.1) is 34.9 Å². The first-order valence-electron chi connectivity index (χ1n) is 10.3. The minimum Gasteiger partial charge on any atom is -0.342 e. The molecule has 1 aromatic rings. The highest BCUT2D eigenvalue weighted by Crippen LogP contribution is 2.37. The maximum Gasteiger partial charge on any atom is 0.225 e. The third-order valence-electron chi connectivity index (χ3n) is 6.80. The van der Waals surface area contributed by atoms with Crippen molar-refractivity contribution in [2.24, 2.45) is 17.8 Å². The Balaban J connectivity index is 1.29. The van der Waals surface area contributed by atoms with Gasteiger partial charge in [0, 0.05) is 31.1 Å². The molecule has 4 rings (SSSR count). The number of nitriles is 1. The fourth-order valence-corrected chi connectivity index (χ4v) is 5.17. The summed E-state index contributed by atoms with van der Waals surface area (Å²) in [6.07, 6.45) is 6.97. The highest BCUT2D eigenvalue weighted by Gasteiger charge is 2.38. The average molecular weight is 369 g/mol. The maximum absolute atomic E-state index is 14.1. The van der Waals surface area contributed by atoms with Gasteiger partial charge in [0.05, 0.1) is 11.6 Å². The fourth-order valence-electron chi connectivity index (χ4n) is 5.17. The molecule has 1 aromatic carbocycles. The van der Waals surface area contributed by atoms with E-state index in [1.165, 1.54) is 31.7 Å². The molecule has 2 atom stereocenters. The zero-order valence-corrected chi connectivity index (χ0v) is 15.9. The zero-order chi connectivity index (χ0) is 18.8. The van der Waals surface area contributed by atoms with Gasteiger partial charge in [-0.15, -0.1) is 0 Å². The summed E-state index contributed by atoms with van der Waals surface area (Å²) in [7, 11) is 0. The molecule has 2 heterocycles. The van der Waals surface area contributed by atoms with Crippen molar-refractivity contribution in [2.45, 2.75) is 45.1 Å². The van der Waals surface area contributed by atoms with Crippen LogP contribution in [-0.4, -0.2) is 41.9 Å². The second-order valence-corrected chi connectivity index (χ2v) is 8.52. The van der Waals surface area contributed by atoms with Crippen molar-refractivity contribution in [1.29, 1.82) is 5.26 Å². The number of rotatable bonds is 3. The predicted molar refractivity (Wildman–Crippen MR) is 101 cm³/mol. The Kier molecular flexibility index (Phi) is 5.45. The molecule has 1 aliphatic carbocycles. The first kappa shape index (κ1) is 18.4. The summed E-state index contributed by atoms with van der Waals surface area (Å²) in [5.41, 5.74) is 0.981. The van der Waals surface area contributed by atoms with Crippen LogP contribution in [0.25, 0.3) is 0 Å². The highest BCUT2D eigenvalue weighted by atomic mass is 19.1. The molecule has 0 radical (unpaired) electrons. The van der Waals surface area contributed by atoms with E-state index >= 15 is 0 Å². The first-order chi connectivity index (χ1) is 13.1. The number of carbonyl (C=O) groups is 1. The molecule has 3 aliphatic rings. The van der Waals surface area contributed by atoms with Crippen LogP contribution in [0.2, 0.25) is 0 Å². The van der Waals surface area contributed by atoms with E-state index in [2.05, 4.69) is 9.80 Å². The summed E-state index contributed by atoms with van der Waals surface area (Å²) in [4.78, 5) is 17.3. The Morgan fingerprint density at radius 2 is 1.78 bits per heavy atom. The van der Waals surface area contributed by atoms with Crippen LogP contribution in [0.15, 0.2) is 18.2 Å². The molecule has 2 unspecified atom stereocenters. The number of halogens is 1. The van der Waals surface area contributed by atoms with Gasteiger partial charge in [-0.05, 0) is 62.7 Å². The van der Waals surface area contributed by atoms with Crippen molar-refractivity contribution in [3.05, 3.63) is 35.1 Å². The molecule has 3 fully saturated rings. The van der Waals surface area contributed by atoms with Crippen LogP contribution in [-0.2, 0) is 11.3 Å². The SMILES string of the molecule is N#Cc1ccc(CN2CCC(C(=O)N3CC4CCCCC4C3)CC2)c(F)c1. The second kappa shape index (κ2) is 7.98. The van der Waals surface area contributed by atoms with Crippen molar-refractivity contribution in [3.63, 3.8) is 0 Å². The third-order valence-corrected chi connectivity index (χ3v) is 6.80. The van der Waals surface area contributed by atoms with Crippen LogP contribution in [0.4, 0.5) is 4.39 Å². The molecule has 2 aliphatic heterocycles. The van der Waals surface area contributed by atoms with Crippen molar-refractivity contribution in [1.82, 2.24) is 9.80 Å². The van der Waals surface area contributed by atoms with Gasteiger partial charge in [-0.1, -0.05) is 18.9 Å². The Hall–Kier alpha value is -1.93. The van der Waals surface area contributed by atoms with Gasteiger partial charge in [0.2, 0.25) is 5.91 Å². The molecule has 0 bridgehead atoms. The molecule has 5 heteroatoms. The lowest BCUT2D eigenvalue weighted by Gasteiger charge is -2.33. The van der Waals surface area contributed by atoms with Crippen molar-refractivity contribution >= 4 is 5.91 Å². The Morgan fingerprint density at radius 3 is 2.37 bits per heavy atom. The van der Waals surface area contributed by atoms with E-state index in [-0.39, 0.29) is 11.7 Å². The van der Waals surface area contributed by atoms with Gasteiger partial charge in [-0.3, -0.25) is 9.69 Å². The van der Waals surface area contributed by atoms with Crippen molar-refractivity contribution in [3.8, 4) is 6.07 Å². The zero-order valence-electron chi connectivity index (χ0n) is 15.9. The van der Waals surface area contributed by atoms with Gasteiger partial charge in [0.15, 0.2) is 0 Å². The van der Waals surface area contributed by atoms with Crippen molar-refractivity contribution < 1.29 is 9.18 Å². The quantitative estimate of drug-likeness (QED) is 0.818. The van der Waals surface area contributed by atoms with Gasteiger partial charge in [-0.2, -0.15) is 5.26 Å². The van der Waals surface area contributed by atoms with Crippen LogP contribution in [0.1, 0.15) is 49.7 Å². The van der Waals surface area contributed by atoms with E-state index in [1.807, 2.05) is 6.07 Å². The largest absolute Gasteiger partial charge is 0.342 e. The molecule has 2 saturated heterocycles. The maximum atomic E-state index is 14.1. The van der Waals surface area contributed by atoms with E-state index in [0.29, 0.717) is 23.6 Å². The Bertz CT molecular complexity index is 722. The molecule has 4 nitrogen and oxygen atoms in total. The normalized spacial score (nSPS) is 26.6. The van der Waals surface area contributed by atoms with Crippen LogP contribution in [0.5, 0.6) is 0 Å². The monoisotopic (exact) mass is 369 g/mol. The molecule has 1 amide bonds. The van der Waals surface area contributed by atoms with E-state index in [9.17, 15) is 9.18 Å². The Labute approximate surface area is 160 Å². The molecule has 0 N–H and O–H groups in total. The predicted octanol–water partition coefficient (Wildman–Crippen LogP) is 3.56.